The van der Waals surface area contributed by atoms with E-state index in [1.807, 2.05) is 0 Å². The van der Waals surface area contributed by atoms with Crippen molar-refractivity contribution in [3.63, 3.8) is 0 Å². The molecule has 1 aliphatic rings. The van der Waals surface area contributed by atoms with E-state index in [1.165, 1.54) is 11.8 Å². The summed E-state index contributed by atoms with van der Waals surface area (Å²) in [6.45, 7) is 9.55. The number of hydrogen-bond donors (Lipinski definition) is 1. The zero-order chi connectivity index (χ0) is 24.2. The van der Waals surface area contributed by atoms with Crippen LogP contribution in [0.3, 0.4) is 0 Å². The maximum Gasteiger partial charge on any atom is 0.407 e. The molecule has 8 heteroatoms. The number of ether oxygens (including phenoxy) is 1. The van der Waals surface area contributed by atoms with Crippen LogP contribution in [0.4, 0.5) is 4.79 Å². The highest BCUT2D eigenvalue weighted by atomic mass is 32.2. The molecule has 1 N–H and O–H groups in total. The first-order valence-electron chi connectivity index (χ1n) is 11.2. The molecular weight excluding hydrogens is 440 g/mol. The SMILES string of the molecule is CC(C)(C)C1CN(Cc2ccc(CCOc3ccc(S(C)(=O)=O)cc3)cc2)CCN1C(=O)O. The van der Waals surface area contributed by atoms with Crippen molar-refractivity contribution in [3.05, 3.63) is 59.7 Å². The lowest BCUT2D eigenvalue weighted by Crippen LogP contribution is -2.59. The second kappa shape index (κ2) is 10.1. The van der Waals surface area contributed by atoms with E-state index in [9.17, 15) is 18.3 Å². The number of sulfone groups is 1. The molecule has 0 saturated carbocycles. The quantitative estimate of drug-likeness (QED) is 0.655. The predicted molar refractivity (Wildman–Crippen MR) is 128 cm³/mol. The first kappa shape index (κ1) is 25.1. The minimum absolute atomic E-state index is 0.0355. The first-order chi connectivity index (χ1) is 15.4. The maximum atomic E-state index is 11.6. The number of rotatable bonds is 7. The van der Waals surface area contributed by atoms with Crippen molar-refractivity contribution in [2.45, 2.75) is 44.7 Å². The molecule has 3 rings (SSSR count). The molecule has 0 radical (unpaired) electrons. The van der Waals surface area contributed by atoms with Crippen LogP contribution in [0.5, 0.6) is 5.75 Å². The number of carboxylic acid groups (broad SMARTS) is 1. The van der Waals surface area contributed by atoms with Crippen molar-refractivity contribution < 1.29 is 23.1 Å². The van der Waals surface area contributed by atoms with Gasteiger partial charge in [-0.25, -0.2) is 13.2 Å². The highest BCUT2D eigenvalue weighted by molar-refractivity contribution is 7.90. The summed E-state index contributed by atoms with van der Waals surface area (Å²) in [7, 11) is -3.20. The first-order valence-corrected chi connectivity index (χ1v) is 13.1. The normalized spacial score (nSPS) is 17.7. The Kier molecular flexibility index (Phi) is 7.69. The van der Waals surface area contributed by atoms with E-state index in [0.717, 1.165) is 31.6 Å². The minimum Gasteiger partial charge on any atom is -0.493 e. The molecule has 0 spiro atoms. The Morgan fingerprint density at radius 3 is 2.18 bits per heavy atom. The smallest absolute Gasteiger partial charge is 0.407 e. The Morgan fingerprint density at radius 1 is 1.03 bits per heavy atom. The molecule has 2 aromatic carbocycles. The van der Waals surface area contributed by atoms with Crippen molar-refractivity contribution in [1.82, 2.24) is 9.80 Å². The highest BCUT2D eigenvalue weighted by Crippen LogP contribution is 2.28. The summed E-state index contributed by atoms with van der Waals surface area (Å²) in [5, 5.41) is 9.54. The van der Waals surface area contributed by atoms with E-state index < -0.39 is 15.9 Å². The molecule has 33 heavy (non-hydrogen) atoms. The van der Waals surface area contributed by atoms with Gasteiger partial charge in [0.25, 0.3) is 0 Å². The minimum atomic E-state index is -3.20. The Morgan fingerprint density at radius 2 is 1.64 bits per heavy atom. The molecule has 0 aromatic heterocycles. The molecule has 1 aliphatic heterocycles. The van der Waals surface area contributed by atoms with E-state index in [0.29, 0.717) is 18.9 Å². The summed E-state index contributed by atoms with van der Waals surface area (Å²) in [6.07, 6.45) is 1.09. The number of carbonyl (C=O) groups is 1. The van der Waals surface area contributed by atoms with Crippen molar-refractivity contribution in [1.29, 1.82) is 0 Å². The average Bonchev–Trinajstić information content (AvgIpc) is 2.74. The van der Waals surface area contributed by atoms with E-state index in [-0.39, 0.29) is 16.4 Å². The zero-order valence-corrected chi connectivity index (χ0v) is 20.6. The van der Waals surface area contributed by atoms with E-state index in [1.54, 1.807) is 29.2 Å². The third kappa shape index (κ3) is 6.95. The summed E-state index contributed by atoms with van der Waals surface area (Å²) >= 11 is 0. The molecule has 1 unspecified atom stereocenters. The molecule has 1 heterocycles. The van der Waals surface area contributed by atoms with Gasteiger partial charge in [-0.3, -0.25) is 4.90 Å². The molecule has 7 nitrogen and oxygen atoms in total. The Labute approximate surface area is 196 Å². The van der Waals surface area contributed by atoms with E-state index in [4.69, 9.17) is 4.74 Å². The lowest BCUT2D eigenvalue weighted by atomic mass is 9.84. The maximum absolute atomic E-state index is 11.6. The predicted octanol–water partition coefficient (Wildman–Crippen LogP) is 3.92. The topological polar surface area (TPSA) is 87.2 Å². The van der Waals surface area contributed by atoms with Gasteiger partial charge < -0.3 is 14.7 Å². The van der Waals surface area contributed by atoms with E-state index in [2.05, 4.69) is 49.9 Å². The number of benzene rings is 2. The number of nitrogens with zero attached hydrogens (tertiary/aromatic N) is 2. The average molecular weight is 475 g/mol. The van der Waals surface area contributed by atoms with Gasteiger partial charge >= 0.3 is 6.09 Å². The van der Waals surface area contributed by atoms with Gasteiger partial charge in [0.05, 0.1) is 17.5 Å². The van der Waals surface area contributed by atoms with Crippen molar-refractivity contribution in [3.8, 4) is 5.75 Å². The van der Waals surface area contributed by atoms with Crippen LogP contribution in [0, 0.1) is 5.41 Å². The van der Waals surface area contributed by atoms with Gasteiger partial charge in [0.1, 0.15) is 5.75 Å². The van der Waals surface area contributed by atoms with Crippen LogP contribution in [0.25, 0.3) is 0 Å². The third-order valence-electron chi connectivity index (χ3n) is 6.05. The highest BCUT2D eigenvalue weighted by Gasteiger charge is 2.37. The Hall–Kier alpha value is -2.58. The number of amides is 1. The van der Waals surface area contributed by atoms with Crippen LogP contribution in [-0.2, 0) is 22.8 Å². The summed E-state index contributed by atoms with van der Waals surface area (Å²) in [6, 6.07) is 14.9. The summed E-state index contributed by atoms with van der Waals surface area (Å²) in [4.78, 5) is 15.8. The van der Waals surface area contributed by atoms with Gasteiger partial charge in [-0.2, -0.15) is 0 Å². The molecule has 1 fully saturated rings. The largest absolute Gasteiger partial charge is 0.493 e. The Balaban J connectivity index is 1.50. The number of hydrogen-bond acceptors (Lipinski definition) is 5. The lowest BCUT2D eigenvalue weighted by molar-refractivity contribution is 0.0190. The molecule has 0 bridgehead atoms. The second-order valence-corrected chi connectivity index (χ2v) is 11.8. The molecule has 1 saturated heterocycles. The fraction of sp³-hybridized carbons (Fsp3) is 0.480. The van der Waals surface area contributed by atoms with Crippen molar-refractivity contribution in [2.75, 3.05) is 32.5 Å². The van der Waals surface area contributed by atoms with Gasteiger partial charge in [-0.15, -0.1) is 0 Å². The second-order valence-electron chi connectivity index (χ2n) is 9.75. The van der Waals surface area contributed by atoms with Gasteiger partial charge in [0.2, 0.25) is 0 Å². The van der Waals surface area contributed by atoms with Crippen LogP contribution in [0.15, 0.2) is 53.4 Å². The Bertz CT molecular complexity index is 1040. The van der Waals surface area contributed by atoms with Gasteiger partial charge in [-0.1, -0.05) is 45.0 Å². The van der Waals surface area contributed by atoms with E-state index >= 15 is 0 Å². The van der Waals surface area contributed by atoms with Gasteiger partial charge in [0.15, 0.2) is 9.84 Å². The van der Waals surface area contributed by atoms with Gasteiger partial charge in [-0.05, 0) is 40.8 Å². The van der Waals surface area contributed by atoms with Crippen LogP contribution in [0.2, 0.25) is 0 Å². The lowest BCUT2D eigenvalue weighted by Gasteiger charge is -2.46. The summed E-state index contributed by atoms with van der Waals surface area (Å²) in [5.74, 6) is 0.646. The van der Waals surface area contributed by atoms with Crippen LogP contribution in [0.1, 0.15) is 31.9 Å². The zero-order valence-electron chi connectivity index (χ0n) is 19.8. The fourth-order valence-corrected chi connectivity index (χ4v) is 4.72. The summed E-state index contributed by atoms with van der Waals surface area (Å²) < 4.78 is 28.8. The molecule has 1 atom stereocenters. The van der Waals surface area contributed by atoms with Crippen LogP contribution >= 0.6 is 0 Å². The standard InChI is InChI=1S/C25H34N2O5S/c1-25(2,3)23-18-26(14-15-27(23)24(28)29)17-20-7-5-19(6-8-20)13-16-32-21-9-11-22(12-10-21)33(4,30)31/h5-12,23H,13-18H2,1-4H3,(H,28,29). The van der Waals surface area contributed by atoms with Crippen molar-refractivity contribution in [2.24, 2.45) is 5.41 Å². The van der Waals surface area contributed by atoms with Gasteiger partial charge in [0, 0.05) is 38.9 Å². The third-order valence-corrected chi connectivity index (χ3v) is 7.18. The van der Waals surface area contributed by atoms with Crippen LogP contribution in [-0.4, -0.2) is 68.0 Å². The summed E-state index contributed by atoms with van der Waals surface area (Å²) in [5.41, 5.74) is 2.24. The van der Waals surface area contributed by atoms with Crippen molar-refractivity contribution >= 4 is 15.9 Å². The molecule has 0 aliphatic carbocycles. The fourth-order valence-electron chi connectivity index (χ4n) is 4.09. The molecule has 2 aromatic rings. The molecule has 1 amide bonds. The monoisotopic (exact) mass is 474 g/mol. The molecular formula is C25H34N2O5S. The van der Waals surface area contributed by atoms with Crippen LogP contribution < -0.4 is 4.74 Å². The number of piperazine rings is 1. The molecule has 180 valence electrons.